The first kappa shape index (κ1) is 21.6. The highest BCUT2D eigenvalue weighted by Gasteiger charge is 2.31. The van der Waals surface area contributed by atoms with Gasteiger partial charge in [0.25, 0.3) is 0 Å². The van der Waals surface area contributed by atoms with E-state index in [4.69, 9.17) is 0 Å². The van der Waals surface area contributed by atoms with Gasteiger partial charge in [-0.2, -0.15) is 16.9 Å². The molecule has 0 spiro atoms. The van der Waals surface area contributed by atoms with E-state index in [0.29, 0.717) is 6.54 Å². The number of nitrogens with one attached hydrogen (secondary N) is 2. The molecule has 0 radical (unpaired) electrons. The van der Waals surface area contributed by atoms with E-state index in [1.54, 1.807) is 18.8 Å². The second kappa shape index (κ2) is 9.28. The van der Waals surface area contributed by atoms with E-state index in [9.17, 15) is 5.11 Å². The summed E-state index contributed by atoms with van der Waals surface area (Å²) in [6, 6.07) is 0.232. The lowest BCUT2D eigenvalue weighted by Crippen LogP contribution is -2.49. The van der Waals surface area contributed by atoms with Crippen molar-refractivity contribution < 1.29 is 5.11 Å². The maximum absolute atomic E-state index is 10.4. The molecule has 0 bridgehead atoms. The molecule has 138 valence electrons. The minimum absolute atomic E-state index is 0. The van der Waals surface area contributed by atoms with Crippen molar-refractivity contribution in [2.45, 2.75) is 45.3 Å². The summed E-state index contributed by atoms with van der Waals surface area (Å²) >= 11 is 1.80. The van der Waals surface area contributed by atoms with Crippen LogP contribution >= 0.6 is 35.7 Å². The Bertz CT molecular complexity index is 569. The fourth-order valence-corrected chi connectivity index (χ4v) is 4.18. The molecule has 2 rings (SSSR count). The number of halogens is 1. The number of aromatic nitrogens is 2. The number of hydrogen-bond acceptors (Lipinski definition) is 4. The van der Waals surface area contributed by atoms with Crippen LogP contribution in [0.15, 0.2) is 4.99 Å². The maximum atomic E-state index is 10.4. The van der Waals surface area contributed by atoms with Crippen molar-refractivity contribution in [2.75, 3.05) is 25.1 Å². The molecule has 0 amide bonds. The first-order valence-corrected chi connectivity index (χ1v) is 9.26. The molecule has 8 heteroatoms. The van der Waals surface area contributed by atoms with Crippen LogP contribution in [0.25, 0.3) is 0 Å². The fraction of sp³-hybridized carbons (Fsp3) is 0.750. The van der Waals surface area contributed by atoms with Gasteiger partial charge in [-0.15, -0.1) is 24.0 Å². The van der Waals surface area contributed by atoms with Gasteiger partial charge in [-0.05, 0) is 44.9 Å². The second-order valence-corrected chi connectivity index (χ2v) is 7.58. The quantitative estimate of drug-likeness (QED) is 0.349. The van der Waals surface area contributed by atoms with Crippen LogP contribution in [0.3, 0.4) is 0 Å². The highest BCUT2D eigenvalue weighted by molar-refractivity contribution is 14.0. The average molecular weight is 467 g/mol. The molecule has 6 nitrogen and oxygen atoms in total. The third-order valence-electron chi connectivity index (χ3n) is 4.44. The summed E-state index contributed by atoms with van der Waals surface area (Å²) in [5, 5.41) is 21.5. The summed E-state index contributed by atoms with van der Waals surface area (Å²) in [5.74, 6) is 2.56. The number of aliphatic hydroxyl groups is 1. The fourth-order valence-electron chi connectivity index (χ4n) is 2.88. The first-order chi connectivity index (χ1) is 10.8. The molecule has 2 atom stereocenters. The monoisotopic (exact) mass is 467 g/mol. The van der Waals surface area contributed by atoms with E-state index in [1.165, 1.54) is 11.3 Å². The molecule has 0 aromatic carbocycles. The van der Waals surface area contributed by atoms with Gasteiger partial charge >= 0.3 is 0 Å². The normalized spacial score (nSPS) is 22.2. The number of guanidine groups is 1. The van der Waals surface area contributed by atoms with Gasteiger partial charge in [-0.1, -0.05) is 0 Å². The van der Waals surface area contributed by atoms with Gasteiger partial charge < -0.3 is 15.7 Å². The molecule has 1 aromatic heterocycles. The SMILES string of the molecule is CN=C(NCC1(O)CCSC1)NC(C)Cc1c(C)nn(C)c1C.I. The van der Waals surface area contributed by atoms with E-state index in [-0.39, 0.29) is 30.0 Å². The molecule has 2 unspecified atom stereocenters. The number of nitrogens with zero attached hydrogens (tertiary/aromatic N) is 3. The van der Waals surface area contributed by atoms with Crippen LogP contribution in [0.5, 0.6) is 0 Å². The predicted molar refractivity (Wildman–Crippen MR) is 113 cm³/mol. The van der Waals surface area contributed by atoms with Gasteiger partial charge in [0.15, 0.2) is 5.96 Å². The number of thioether (sulfide) groups is 1. The number of aryl methyl sites for hydroxylation is 2. The minimum Gasteiger partial charge on any atom is -0.387 e. The van der Waals surface area contributed by atoms with E-state index in [1.807, 2.05) is 11.7 Å². The number of rotatable bonds is 5. The Morgan fingerprint density at radius 2 is 2.21 bits per heavy atom. The van der Waals surface area contributed by atoms with Gasteiger partial charge in [0.05, 0.1) is 11.3 Å². The molecule has 2 heterocycles. The largest absolute Gasteiger partial charge is 0.387 e. The van der Waals surface area contributed by atoms with Crippen LogP contribution in [-0.4, -0.2) is 57.6 Å². The summed E-state index contributed by atoms with van der Waals surface area (Å²) in [6.07, 6.45) is 1.73. The van der Waals surface area contributed by atoms with Gasteiger partial charge in [0, 0.05) is 38.1 Å². The Morgan fingerprint density at radius 1 is 1.50 bits per heavy atom. The van der Waals surface area contributed by atoms with Crippen LogP contribution in [-0.2, 0) is 13.5 Å². The number of aliphatic imine (C=N–C) groups is 1. The van der Waals surface area contributed by atoms with E-state index >= 15 is 0 Å². The molecular formula is C16H30IN5OS. The Balaban J connectivity index is 0.00000288. The lowest BCUT2D eigenvalue weighted by atomic mass is 10.0. The van der Waals surface area contributed by atoms with Crippen molar-refractivity contribution in [1.82, 2.24) is 20.4 Å². The third kappa shape index (κ3) is 5.52. The van der Waals surface area contributed by atoms with Gasteiger partial charge in [-0.25, -0.2) is 0 Å². The summed E-state index contributed by atoms with van der Waals surface area (Å²) < 4.78 is 1.93. The summed E-state index contributed by atoms with van der Waals surface area (Å²) in [4.78, 5) is 4.27. The molecule has 1 fully saturated rings. The van der Waals surface area contributed by atoms with Crippen LogP contribution in [0.4, 0.5) is 0 Å². The molecule has 0 aliphatic carbocycles. The third-order valence-corrected chi connectivity index (χ3v) is 5.68. The van der Waals surface area contributed by atoms with Crippen LogP contribution in [0.1, 0.15) is 30.3 Å². The zero-order valence-electron chi connectivity index (χ0n) is 15.2. The summed E-state index contributed by atoms with van der Waals surface area (Å²) in [6.45, 7) is 6.83. The smallest absolute Gasteiger partial charge is 0.191 e. The van der Waals surface area contributed by atoms with Crippen molar-refractivity contribution in [3.8, 4) is 0 Å². The predicted octanol–water partition coefficient (Wildman–Crippen LogP) is 1.62. The Kier molecular flexibility index (Phi) is 8.34. The van der Waals surface area contributed by atoms with E-state index in [0.717, 1.165) is 36.0 Å². The van der Waals surface area contributed by atoms with Gasteiger partial charge in [0.1, 0.15) is 0 Å². The minimum atomic E-state index is -0.609. The van der Waals surface area contributed by atoms with Gasteiger partial charge in [-0.3, -0.25) is 9.67 Å². The lowest BCUT2D eigenvalue weighted by Gasteiger charge is -2.24. The Morgan fingerprint density at radius 3 is 2.71 bits per heavy atom. The highest BCUT2D eigenvalue weighted by atomic mass is 127. The average Bonchev–Trinajstić information content (AvgIpc) is 3.03. The Labute approximate surface area is 166 Å². The standard InChI is InChI=1S/C16H29N5OS.HI/c1-11(8-14-12(2)20-21(5)13(14)3)19-15(17-4)18-9-16(22)6-7-23-10-16;/h11,22H,6-10H2,1-5H3,(H2,17,18,19);1H. The molecule has 1 saturated heterocycles. The van der Waals surface area contributed by atoms with Crippen molar-refractivity contribution in [1.29, 1.82) is 0 Å². The number of hydrogen-bond donors (Lipinski definition) is 3. The first-order valence-electron chi connectivity index (χ1n) is 8.11. The van der Waals surface area contributed by atoms with Crippen molar-refractivity contribution >= 4 is 41.7 Å². The molecule has 1 aliphatic rings. The zero-order chi connectivity index (χ0) is 17.0. The zero-order valence-corrected chi connectivity index (χ0v) is 18.4. The summed E-state index contributed by atoms with van der Waals surface area (Å²) in [7, 11) is 3.74. The molecule has 1 aromatic rings. The molecule has 0 saturated carbocycles. The van der Waals surface area contributed by atoms with Gasteiger partial charge in [0.2, 0.25) is 0 Å². The topological polar surface area (TPSA) is 74.5 Å². The second-order valence-electron chi connectivity index (χ2n) is 6.48. The maximum Gasteiger partial charge on any atom is 0.191 e. The van der Waals surface area contributed by atoms with Crippen molar-refractivity contribution in [2.24, 2.45) is 12.0 Å². The van der Waals surface area contributed by atoms with Crippen LogP contribution < -0.4 is 10.6 Å². The molecule has 1 aliphatic heterocycles. The molecular weight excluding hydrogens is 437 g/mol. The van der Waals surface area contributed by atoms with Crippen LogP contribution in [0, 0.1) is 13.8 Å². The highest BCUT2D eigenvalue weighted by Crippen LogP contribution is 2.26. The van der Waals surface area contributed by atoms with Crippen molar-refractivity contribution in [3.63, 3.8) is 0 Å². The van der Waals surface area contributed by atoms with E-state index < -0.39 is 5.60 Å². The van der Waals surface area contributed by atoms with Crippen molar-refractivity contribution in [3.05, 3.63) is 17.0 Å². The Hall–Kier alpha value is -0.480. The van der Waals surface area contributed by atoms with E-state index in [2.05, 4.69) is 41.5 Å². The van der Waals surface area contributed by atoms with Crippen LogP contribution in [0.2, 0.25) is 0 Å². The molecule has 3 N–H and O–H groups in total. The molecule has 24 heavy (non-hydrogen) atoms. The lowest BCUT2D eigenvalue weighted by molar-refractivity contribution is 0.0724. The summed E-state index contributed by atoms with van der Waals surface area (Å²) in [5.41, 5.74) is 2.96.